The smallest absolute Gasteiger partial charge is 0.399 e. The summed E-state index contributed by atoms with van der Waals surface area (Å²) in [6.07, 6.45) is 0. The van der Waals surface area contributed by atoms with Crippen LogP contribution >= 0.6 is 0 Å². The van der Waals surface area contributed by atoms with Gasteiger partial charge in [0.25, 0.3) is 0 Å². The van der Waals surface area contributed by atoms with Crippen molar-refractivity contribution in [3.8, 4) is 0 Å². The highest BCUT2D eigenvalue weighted by Gasteiger charge is 2.22. The molecule has 2 aromatic carbocycles. The lowest BCUT2D eigenvalue weighted by molar-refractivity contribution is -0.157. The zero-order valence-electron chi connectivity index (χ0n) is 11.4. The van der Waals surface area contributed by atoms with Gasteiger partial charge in [0.15, 0.2) is 0 Å². The summed E-state index contributed by atoms with van der Waals surface area (Å²) in [6, 6.07) is 16.4. The van der Waals surface area contributed by atoms with Gasteiger partial charge in [-0.1, -0.05) is 36.4 Å². The predicted octanol–water partition coefficient (Wildman–Crippen LogP) is 2.12. The van der Waals surface area contributed by atoms with E-state index in [0.717, 1.165) is 0 Å². The van der Waals surface area contributed by atoms with Crippen molar-refractivity contribution in [2.24, 2.45) is 0 Å². The molecule has 0 fully saturated rings. The van der Waals surface area contributed by atoms with Gasteiger partial charge >= 0.3 is 11.9 Å². The lowest BCUT2D eigenvalue weighted by Gasteiger charge is -2.06. The van der Waals surface area contributed by atoms with Crippen LogP contribution in [0, 0.1) is 10.8 Å². The van der Waals surface area contributed by atoms with Crippen LogP contribution in [0.5, 0.6) is 0 Å². The van der Waals surface area contributed by atoms with E-state index in [1.807, 2.05) is 0 Å². The lowest BCUT2D eigenvalue weighted by atomic mass is 10.2. The minimum absolute atomic E-state index is 0.349. The average molecular weight is 296 g/mol. The van der Waals surface area contributed by atoms with Gasteiger partial charge in [-0.15, -0.1) is 0 Å². The van der Waals surface area contributed by atoms with Crippen molar-refractivity contribution in [1.82, 2.24) is 0 Å². The van der Waals surface area contributed by atoms with Crippen LogP contribution in [-0.4, -0.2) is 23.7 Å². The topological polar surface area (TPSA) is 100 Å². The van der Waals surface area contributed by atoms with Crippen molar-refractivity contribution in [2.75, 3.05) is 0 Å². The molecule has 110 valence electrons. The molecule has 0 radical (unpaired) electrons. The van der Waals surface area contributed by atoms with Crippen molar-refractivity contribution < 1.29 is 19.1 Å². The summed E-state index contributed by atoms with van der Waals surface area (Å²) in [5.74, 6) is -3.63. The van der Waals surface area contributed by atoms with Crippen LogP contribution < -0.4 is 0 Å². The third kappa shape index (κ3) is 3.86. The number of nitrogens with one attached hydrogen (secondary N) is 2. The summed E-state index contributed by atoms with van der Waals surface area (Å²) in [6.45, 7) is 0. The number of hydrogen-bond acceptors (Lipinski definition) is 6. The van der Waals surface area contributed by atoms with E-state index in [1.165, 1.54) is 0 Å². The quantitative estimate of drug-likeness (QED) is 0.383. The van der Waals surface area contributed by atoms with Gasteiger partial charge in [-0.2, -0.15) is 0 Å². The molecule has 6 heteroatoms. The highest BCUT2D eigenvalue weighted by atomic mass is 16.6. The molecule has 0 aliphatic rings. The minimum Gasteiger partial charge on any atom is -0.399 e. The van der Waals surface area contributed by atoms with E-state index < -0.39 is 23.7 Å². The molecule has 0 unspecified atom stereocenters. The molecule has 0 saturated heterocycles. The molecule has 0 heterocycles. The van der Waals surface area contributed by atoms with Crippen LogP contribution in [0.3, 0.4) is 0 Å². The number of benzene rings is 2. The maximum absolute atomic E-state index is 11.6. The Morgan fingerprint density at radius 2 is 0.955 bits per heavy atom. The minimum atomic E-state index is -1.35. The Balaban J connectivity index is 1.94. The Labute approximate surface area is 126 Å². The molecule has 22 heavy (non-hydrogen) atoms. The number of esters is 2. The van der Waals surface area contributed by atoms with Gasteiger partial charge in [-0.3, -0.25) is 10.8 Å². The highest BCUT2D eigenvalue weighted by Crippen LogP contribution is 2.04. The summed E-state index contributed by atoms with van der Waals surface area (Å²) in [7, 11) is 0. The van der Waals surface area contributed by atoms with E-state index in [0.29, 0.717) is 11.1 Å². The van der Waals surface area contributed by atoms with Crippen LogP contribution in [0.2, 0.25) is 0 Å². The first kappa shape index (κ1) is 15.1. The molecule has 0 aliphatic heterocycles. The molecule has 0 amide bonds. The normalized spacial score (nSPS) is 9.64. The molecule has 0 spiro atoms. The van der Waals surface area contributed by atoms with Crippen molar-refractivity contribution in [3.05, 3.63) is 71.8 Å². The highest BCUT2D eigenvalue weighted by molar-refractivity contribution is 6.34. The van der Waals surface area contributed by atoms with Crippen molar-refractivity contribution >= 4 is 23.7 Å². The molecule has 2 rings (SSSR count). The molecule has 0 atom stereocenters. The van der Waals surface area contributed by atoms with Gasteiger partial charge in [0.2, 0.25) is 11.8 Å². The van der Waals surface area contributed by atoms with E-state index in [-0.39, 0.29) is 0 Å². The second-order valence-electron chi connectivity index (χ2n) is 4.17. The van der Waals surface area contributed by atoms with Gasteiger partial charge in [0.05, 0.1) is 0 Å². The van der Waals surface area contributed by atoms with Gasteiger partial charge in [0.1, 0.15) is 0 Å². The number of carbonyl (C=O) groups is 2. The van der Waals surface area contributed by atoms with E-state index in [1.54, 1.807) is 60.7 Å². The van der Waals surface area contributed by atoms with Crippen LogP contribution in [0.25, 0.3) is 0 Å². The SMILES string of the molecule is N=C(OC(=O)C(=O)OC(=N)c1ccccc1)c1ccccc1. The monoisotopic (exact) mass is 296 g/mol. The van der Waals surface area contributed by atoms with E-state index in [4.69, 9.17) is 10.8 Å². The Morgan fingerprint density at radius 1 is 0.636 bits per heavy atom. The molecule has 0 aliphatic carbocycles. The third-order valence-corrected chi connectivity index (χ3v) is 2.63. The molecule has 0 saturated carbocycles. The van der Waals surface area contributed by atoms with E-state index >= 15 is 0 Å². The maximum Gasteiger partial charge on any atom is 0.424 e. The second-order valence-corrected chi connectivity index (χ2v) is 4.17. The van der Waals surface area contributed by atoms with Gasteiger partial charge in [0, 0.05) is 11.1 Å². The summed E-state index contributed by atoms with van der Waals surface area (Å²) in [5, 5.41) is 15.2. The van der Waals surface area contributed by atoms with E-state index in [2.05, 4.69) is 9.47 Å². The predicted molar refractivity (Wildman–Crippen MR) is 78.7 cm³/mol. The van der Waals surface area contributed by atoms with Crippen LogP contribution in [0.15, 0.2) is 60.7 Å². The first-order chi connectivity index (χ1) is 10.6. The summed E-state index contributed by atoms with van der Waals surface area (Å²) < 4.78 is 9.22. The van der Waals surface area contributed by atoms with Crippen LogP contribution in [0.1, 0.15) is 11.1 Å². The molecule has 2 N–H and O–H groups in total. The van der Waals surface area contributed by atoms with Gasteiger partial charge < -0.3 is 9.47 Å². The van der Waals surface area contributed by atoms with Crippen LogP contribution in [0.4, 0.5) is 0 Å². The second kappa shape index (κ2) is 6.94. The number of carbonyl (C=O) groups excluding carboxylic acids is 2. The van der Waals surface area contributed by atoms with Crippen molar-refractivity contribution in [1.29, 1.82) is 10.8 Å². The van der Waals surface area contributed by atoms with Crippen molar-refractivity contribution in [3.63, 3.8) is 0 Å². The fraction of sp³-hybridized carbons (Fsp3) is 0. The number of ether oxygens (including phenoxy) is 2. The molecule has 6 nitrogen and oxygen atoms in total. The standard InChI is InChI=1S/C16H12N2O4/c17-13(11-7-3-1-4-8-11)21-15(19)16(20)22-14(18)12-9-5-2-6-10-12/h1-10,17-18H. The lowest BCUT2D eigenvalue weighted by Crippen LogP contribution is -2.26. The fourth-order valence-electron chi connectivity index (χ4n) is 1.57. The molecular weight excluding hydrogens is 284 g/mol. The van der Waals surface area contributed by atoms with Gasteiger partial charge in [-0.25, -0.2) is 9.59 Å². The van der Waals surface area contributed by atoms with Crippen LogP contribution in [-0.2, 0) is 19.1 Å². The summed E-state index contributed by atoms with van der Waals surface area (Å²) in [5.41, 5.74) is 0.698. The Morgan fingerprint density at radius 3 is 1.27 bits per heavy atom. The summed E-state index contributed by atoms with van der Waals surface area (Å²) >= 11 is 0. The van der Waals surface area contributed by atoms with Crippen molar-refractivity contribution in [2.45, 2.75) is 0 Å². The largest absolute Gasteiger partial charge is 0.424 e. The Kier molecular flexibility index (Phi) is 4.77. The first-order valence-corrected chi connectivity index (χ1v) is 6.30. The summed E-state index contributed by atoms with van der Waals surface area (Å²) in [4.78, 5) is 23.1. The Hall–Kier alpha value is -3.28. The maximum atomic E-state index is 11.6. The third-order valence-electron chi connectivity index (χ3n) is 2.63. The zero-order chi connectivity index (χ0) is 15.9. The fourth-order valence-corrected chi connectivity index (χ4v) is 1.57. The molecular formula is C16H12N2O4. The van der Waals surface area contributed by atoms with E-state index in [9.17, 15) is 9.59 Å². The number of hydrogen-bond donors (Lipinski definition) is 2. The first-order valence-electron chi connectivity index (χ1n) is 6.30. The Bertz CT molecular complexity index is 648. The number of rotatable bonds is 2. The molecule has 0 bridgehead atoms. The average Bonchev–Trinajstić information content (AvgIpc) is 2.56. The zero-order valence-corrected chi connectivity index (χ0v) is 11.4. The van der Waals surface area contributed by atoms with Gasteiger partial charge in [-0.05, 0) is 24.3 Å². The molecule has 0 aromatic heterocycles. The molecule has 2 aromatic rings.